The fourth-order valence-corrected chi connectivity index (χ4v) is 4.13. The van der Waals surface area contributed by atoms with Gasteiger partial charge in [-0.05, 0) is 24.8 Å². The van der Waals surface area contributed by atoms with Gasteiger partial charge in [-0.1, -0.05) is 27.2 Å². The van der Waals surface area contributed by atoms with E-state index in [9.17, 15) is 0 Å². The molecule has 1 saturated heterocycles. The van der Waals surface area contributed by atoms with Gasteiger partial charge in [0.25, 0.3) is 0 Å². The van der Waals surface area contributed by atoms with Gasteiger partial charge in [0.05, 0.1) is 12.2 Å². The Kier molecular flexibility index (Phi) is 5.46. The molecule has 1 aliphatic carbocycles. The average molecular weight is 284 g/mol. The van der Waals surface area contributed by atoms with Crippen LogP contribution >= 0.6 is 0 Å². The van der Waals surface area contributed by atoms with E-state index in [4.69, 9.17) is 9.47 Å². The van der Waals surface area contributed by atoms with E-state index in [1.165, 1.54) is 19.3 Å². The van der Waals surface area contributed by atoms with E-state index in [-0.39, 0.29) is 12.2 Å². The Morgan fingerprint density at radius 2 is 1.75 bits per heavy atom. The topological polar surface area (TPSA) is 33.7 Å². The van der Waals surface area contributed by atoms with Gasteiger partial charge in [0.2, 0.25) is 0 Å². The zero-order valence-electron chi connectivity index (χ0n) is 13.8. The number of hydrogen-bond donors (Lipinski definition) is 1. The SMILES string of the molecule is CCNC1C(N2CC(OC)C(OC)C2)CCCC1(C)C. The fourth-order valence-electron chi connectivity index (χ4n) is 4.13. The Labute approximate surface area is 124 Å². The van der Waals surface area contributed by atoms with E-state index in [1.807, 2.05) is 0 Å². The lowest BCUT2D eigenvalue weighted by atomic mass is 9.70. The molecule has 20 heavy (non-hydrogen) atoms. The van der Waals surface area contributed by atoms with Gasteiger partial charge >= 0.3 is 0 Å². The third-order valence-electron chi connectivity index (χ3n) is 5.29. The molecule has 1 aliphatic heterocycles. The van der Waals surface area contributed by atoms with E-state index in [1.54, 1.807) is 14.2 Å². The first kappa shape index (κ1) is 16.2. The summed E-state index contributed by atoms with van der Waals surface area (Å²) in [5, 5.41) is 3.74. The minimum Gasteiger partial charge on any atom is -0.377 e. The van der Waals surface area contributed by atoms with Crippen LogP contribution in [0.4, 0.5) is 0 Å². The standard InChI is InChI=1S/C16H32N2O2/c1-6-17-15-12(8-7-9-16(15,2)3)18-10-13(19-4)14(11-18)20-5/h12-15,17H,6-11H2,1-5H3. The predicted molar refractivity (Wildman–Crippen MR) is 82.1 cm³/mol. The number of nitrogens with one attached hydrogen (secondary N) is 1. The Balaban J connectivity index is 2.09. The summed E-state index contributed by atoms with van der Waals surface area (Å²) in [5.74, 6) is 0. The Morgan fingerprint density at radius 1 is 1.15 bits per heavy atom. The molecule has 0 radical (unpaired) electrons. The highest BCUT2D eigenvalue weighted by Crippen LogP contribution is 2.39. The predicted octanol–water partition coefficient (Wildman–Crippen LogP) is 1.89. The quantitative estimate of drug-likeness (QED) is 0.836. The van der Waals surface area contributed by atoms with Gasteiger partial charge in [-0.3, -0.25) is 4.90 Å². The van der Waals surface area contributed by atoms with Gasteiger partial charge in [0.1, 0.15) is 0 Å². The second kappa shape index (κ2) is 6.73. The van der Waals surface area contributed by atoms with Crippen molar-refractivity contribution in [2.24, 2.45) is 5.41 Å². The van der Waals surface area contributed by atoms with Gasteiger partial charge in [-0.25, -0.2) is 0 Å². The molecule has 0 aromatic carbocycles. The van der Waals surface area contributed by atoms with Crippen LogP contribution in [0, 0.1) is 5.41 Å². The van der Waals surface area contributed by atoms with Crippen molar-refractivity contribution < 1.29 is 9.47 Å². The summed E-state index contributed by atoms with van der Waals surface area (Å²) in [6, 6.07) is 1.17. The van der Waals surface area contributed by atoms with Crippen molar-refractivity contribution in [3.05, 3.63) is 0 Å². The Morgan fingerprint density at radius 3 is 2.25 bits per heavy atom. The van der Waals surface area contributed by atoms with Crippen LogP contribution in [-0.2, 0) is 9.47 Å². The summed E-state index contributed by atoms with van der Waals surface area (Å²) in [4.78, 5) is 2.59. The van der Waals surface area contributed by atoms with Crippen molar-refractivity contribution in [2.45, 2.75) is 64.3 Å². The molecule has 0 aromatic rings. The number of likely N-dealkylation sites (tertiary alicyclic amines) is 1. The molecule has 1 N–H and O–H groups in total. The molecule has 0 bridgehead atoms. The monoisotopic (exact) mass is 284 g/mol. The van der Waals surface area contributed by atoms with Gasteiger partial charge in [-0.2, -0.15) is 0 Å². The lowest BCUT2D eigenvalue weighted by molar-refractivity contribution is -0.00461. The highest BCUT2D eigenvalue weighted by molar-refractivity contribution is 5.01. The second-order valence-corrected chi connectivity index (χ2v) is 6.99. The molecular formula is C16H32N2O2. The van der Waals surface area contributed by atoms with Crippen LogP contribution in [0.15, 0.2) is 0 Å². The first-order valence-electron chi connectivity index (χ1n) is 8.06. The summed E-state index contributed by atoms with van der Waals surface area (Å²) in [6.45, 7) is 10.1. The summed E-state index contributed by atoms with van der Waals surface area (Å²) in [5.41, 5.74) is 0.368. The molecule has 1 heterocycles. The molecule has 118 valence electrons. The van der Waals surface area contributed by atoms with Crippen LogP contribution in [0.1, 0.15) is 40.0 Å². The largest absolute Gasteiger partial charge is 0.377 e. The summed E-state index contributed by atoms with van der Waals surface area (Å²) >= 11 is 0. The Hall–Kier alpha value is -0.160. The first-order chi connectivity index (χ1) is 9.53. The summed E-state index contributed by atoms with van der Waals surface area (Å²) < 4.78 is 11.2. The minimum absolute atomic E-state index is 0.215. The van der Waals surface area contributed by atoms with Crippen molar-refractivity contribution in [3.8, 4) is 0 Å². The highest BCUT2D eigenvalue weighted by Gasteiger charge is 2.45. The van der Waals surface area contributed by atoms with E-state index in [0.29, 0.717) is 17.5 Å². The van der Waals surface area contributed by atoms with Crippen LogP contribution < -0.4 is 5.32 Å². The molecule has 4 heteroatoms. The second-order valence-electron chi connectivity index (χ2n) is 6.99. The molecular weight excluding hydrogens is 252 g/mol. The fraction of sp³-hybridized carbons (Fsp3) is 1.00. The zero-order chi connectivity index (χ0) is 14.8. The molecule has 2 aliphatic rings. The molecule has 4 atom stereocenters. The zero-order valence-corrected chi connectivity index (χ0v) is 13.8. The highest BCUT2D eigenvalue weighted by atomic mass is 16.5. The number of hydrogen-bond acceptors (Lipinski definition) is 4. The molecule has 0 aromatic heterocycles. The summed E-state index contributed by atoms with van der Waals surface area (Å²) in [6.07, 6.45) is 4.36. The van der Waals surface area contributed by atoms with Crippen molar-refractivity contribution >= 4 is 0 Å². The third-order valence-corrected chi connectivity index (χ3v) is 5.29. The number of rotatable bonds is 5. The molecule has 2 fully saturated rings. The molecule has 1 saturated carbocycles. The number of nitrogens with zero attached hydrogens (tertiary/aromatic N) is 1. The summed E-state index contributed by atoms with van der Waals surface area (Å²) in [7, 11) is 3.60. The van der Waals surface area contributed by atoms with E-state index in [0.717, 1.165) is 19.6 Å². The maximum Gasteiger partial charge on any atom is 0.0971 e. The normalized spacial score (nSPS) is 38.2. The maximum absolute atomic E-state index is 5.60. The first-order valence-corrected chi connectivity index (χ1v) is 8.06. The van der Waals surface area contributed by atoms with Crippen LogP contribution in [0.25, 0.3) is 0 Å². The van der Waals surface area contributed by atoms with Gasteiger partial charge < -0.3 is 14.8 Å². The Bertz CT molecular complexity index is 297. The molecule has 4 unspecified atom stereocenters. The van der Waals surface area contributed by atoms with Gasteiger partial charge in [-0.15, -0.1) is 0 Å². The van der Waals surface area contributed by atoms with E-state index < -0.39 is 0 Å². The van der Waals surface area contributed by atoms with Crippen LogP contribution in [0.3, 0.4) is 0 Å². The van der Waals surface area contributed by atoms with Crippen molar-refractivity contribution in [1.29, 1.82) is 0 Å². The van der Waals surface area contributed by atoms with E-state index >= 15 is 0 Å². The lowest BCUT2D eigenvalue weighted by Crippen LogP contribution is -2.58. The van der Waals surface area contributed by atoms with Crippen molar-refractivity contribution in [1.82, 2.24) is 10.2 Å². The number of methoxy groups -OCH3 is 2. The number of likely N-dealkylation sites (N-methyl/N-ethyl adjacent to an activating group) is 1. The van der Waals surface area contributed by atoms with E-state index in [2.05, 4.69) is 31.0 Å². The van der Waals surface area contributed by atoms with Crippen LogP contribution in [-0.4, -0.2) is 63.0 Å². The van der Waals surface area contributed by atoms with Crippen LogP contribution in [0.5, 0.6) is 0 Å². The molecule has 2 rings (SSSR count). The minimum atomic E-state index is 0.215. The average Bonchev–Trinajstić information content (AvgIpc) is 2.84. The van der Waals surface area contributed by atoms with Gasteiger partial charge in [0, 0.05) is 39.4 Å². The van der Waals surface area contributed by atoms with Gasteiger partial charge in [0.15, 0.2) is 0 Å². The van der Waals surface area contributed by atoms with Crippen LogP contribution in [0.2, 0.25) is 0 Å². The smallest absolute Gasteiger partial charge is 0.0971 e. The molecule has 0 spiro atoms. The lowest BCUT2D eigenvalue weighted by Gasteiger charge is -2.48. The van der Waals surface area contributed by atoms with Crippen molar-refractivity contribution in [2.75, 3.05) is 33.9 Å². The third kappa shape index (κ3) is 3.19. The number of ether oxygens (including phenoxy) is 2. The maximum atomic E-state index is 5.60. The molecule has 0 amide bonds. The van der Waals surface area contributed by atoms with Crippen molar-refractivity contribution in [3.63, 3.8) is 0 Å². The molecule has 4 nitrogen and oxygen atoms in total.